The van der Waals surface area contributed by atoms with Crippen molar-refractivity contribution < 1.29 is 47.4 Å². The van der Waals surface area contributed by atoms with E-state index in [-0.39, 0.29) is 13.2 Å². The van der Waals surface area contributed by atoms with Gasteiger partial charge in [-0.05, 0) is 12.1 Å². The molecular weight excluding hydrogens is 873 g/mol. The van der Waals surface area contributed by atoms with E-state index in [1.807, 2.05) is 84.9 Å². The number of nitrogens with zero attached hydrogens (tertiary/aromatic N) is 6. The van der Waals surface area contributed by atoms with Crippen LogP contribution < -0.4 is 9.47 Å². The summed E-state index contributed by atoms with van der Waals surface area (Å²) in [6.45, 7) is 6.80. The zero-order chi connectivity index (χ0) is 46.3. The number of H-pyrrole nitrogens is 2. The Morgan fingerprint density at radius 3 is 0.971 bits per heavy atom. The van der Waals surface area contributed by atoms with E-state index in [0.717, 1.165) is 33.0 Å². The first-order valence-corrected chi connectivity index (χ1v) is 22.7. The molecule has 4 aromatic carbocycles. The molecule has 2 aliphatic rings. The summed E-state index contributed by atoms with van der Waals surface area (Å²) in [5.41, 5.74) is 5.45. The summed E-state index contributed by atoms with van der Waals surface area (Å²) in [4.78, 5) is 37.8. The van der Waals surface area contributed by atoms with Crippen LogP contribution in [0.4, 0.5) is 0 Å². The van der Waals surface area contributed by atoms with Crippen molar-refractivity contribution in [3.63, 3.8) is 0 Å². The molecule has 3 aromatic heterocycles. The van der Waals surface area contributed by atoms with Gasteiger partial charge >= 0.3 is 0 Å². The second-order valence-electron chi connectivity index (χ2n) is 15.4. The predicted octanol–water partition coefficient (Wildman–Crippen LogP) is 7.02. The van der Waals surface area contributed by atoms with Crippen molar-refractivity contribution in [3.8, 4) is 57.1 Å². The van der Waals surface area contributed by atoms with Gasteiger partial charge in [0, 0.05) is 47.2 Å². The average molecular weight is 927 g/mol. The van der Waals surface area contributed by atoms with Crippen LogP contribution in [0.25, 0.3) is 89.7 Å². The van der Waals surface area contributed by atoms with E-state index >= 15 is 0 Å². The molecule has 0 spiro atoms. The van der Waals surface area contributed by atoms with Crippen LogP contribution in [0, 0.1) is 0 Å². The normalized spacial score (nSPS) is 11.9. The molecule has 68 heavy (non-hydrogen) atoms. The number of aromatic nitrogens is 8. The lowest BCUT2D eigenvalue weighted by molar-refractivity contribution is 0.000121. The summed E-state index contributed by atoms with van der Waals surface area (Å²) in [6.07, 6.45) is 0. The van der Waals surface area contributed by atoms with Crippen LogP contribution >= 0.6 is 0 Å². The molecule has 0 saturated carbocycles. The van der Waals surface area contributed by atoms with Crippen molar-refractivity contribution in [1.29, 1.82) is 0 Å². The largest absolute Gasteiger partial charge is 0.490 e. The van der Waals surface area contributed by atoms with Crippen LogP contribution in [0.3, 0.4) is 0 Å². The van der Waals surface area contributed by atoms with Crippen LogP contribution in [-0.2, 0) is 37.9 Å². The standard InChI is InChI=1S/C50H54N8O10/c1-59-17-19-61-21-23-63-25-27-65-29-31-67-39-15-16-40(68-32-30-66-28-26-64-24-22-62-20-18-60-2)42-41(39)49-56-47-37-13-7-5-11-35(37)45(54-47)52-43-33-9-3-4-10-34(33)44(51-43)53-46-36-12-6-8-14-38(36)48(55-46)57-50(42)58-49/h3-16H,17-32H2,1-2H3,(H2,51,52,53,54,55,56,57,58). The molecule has 2 N–H and O–H groups in total. The minimum absolute atomic E-state index is 0.244. The van der Waals surface area contributed by atoms with Gasteiger partial charge in [-0.15, -0.1) is 0 Å². The molecule has 18 heteroatoms. The van der Waals surface area contributed by atoms with Gasteiger partial charge in [0.15, 0.2) is 23.3 Å². The Labute approximate surface area is 392 Å². The first-order valence-electron chi connectivity index (χ1n) is 22.7. The lowest BCUT2D eigenvalue weighted by Gasteiger charge is -2.12. The van der Waals surface area contributed by atoms with E-state index in [2.05, 4.69) is 9.97 Å². The van der Waals surface area contributed by atoms with Gasteiger partial charge in [-0.3, -0.25) is 0 Å². The fourth-order valence-electron chi connectivity index (χ4n) is 7.74. The van der Waals surface area contributed by atoms with Crippen LogP contribution in [0.15, 0.2) is 84.9 Å². The molecule has 9 rings (SSSR count). The Morgan fingerprint density at radius 1 is 0.324 bits per heavy atom. The fraction of sp³-hybridized carbons (Fsp3) is 0.360. The maximum atomic E-state index is 6.50. The second kappa shape index (κ2) is 23.5. The van der Waals surface area contributed by atoms with E-state index in [1.54, 1.807) is 14.2 Å². The van der Waals surface area contributed by atoms with E-state index in [0.29, 0.717) is 161 Å². The monoisotopic (exact) mass is 926 g/mol. The Bertz CT molecular complexity index is 2770. The zero-order valence-corrected chi connectivity index (χ0v) is 38.2. The van der Waals surface area contributed by atoms with E-state index < -0.39 is 0 Å². The molecule has 0 fully saturated rings. The molecule has 0 unspecified atom stereocenters. The molecule has 2 aliphatic heterocycles. The van der Waals surface area contributed by atoms with Crippen molar-refractivity contribution in [2.24, 2.45) is 0 Å². The third-order valence-electron chi connectivity index (χ3n) is 10.9. The summed E-state index contributed by atoms with van der Waals surface area (Å²) in [5, 5.41) is 3.06. The van der Waals surface area contributed by atoms with Crippen molar-refractivity contribution in [2.45, 2.75) is 0 Å². The predicted molar refractivity (Wildman–Crippen MR) is 256 cm³/mol. The Hall–Kier alpha value is -6.48. The highest BCUT2D eigenvalue weighted by molar-refractivity contribution is 6.12. The summed E-state index contributed by atoms with van der Waals surface area (Å²) < 4.78 is 57.0. The minimum atomic E-state index is 0.244. The number of fused-ring (bicyclic) bond motifs is 20. The third-order valence-corrected chi connectivity index (χ3v) is 10.9. The summed E-state index contributed by atoms with van der Waals surface area (Å²) in [7, 11) is 3.28. The SMILES string of the molecule is COCCOCCOCCOCCOc1ccc(OCCOCCOCCOCCOC)c2c3nc4nc(nc5[nH]c(nc6nc(nc([nH]3)c12)-c1ccccc1-6)c1ccccc51)-c1ccccc1-4. The number of hydrogen-bond donors (Lipinski definition) is 2. The molecular formula is C50H54N8O10. The van der Waals surface area contributed by atoms with Crippen LogP contribution in [0.1, 0.15) is 0 Å². The lowest BCUT2D eigenvalue weighted by Crippen LogP contribution is -2.14. The number of methoxy groups -OCH3 is 2. The Morgan fingerprint density at radius 2 is 0.618 bits per heavy atom. The first kappa shape index (κ1) is 46.6. The van der Waals surface area contributed by atoms with Crippen molar-refractivity contribution in [3.05, 3.63) is 84.9 Å². The number of rotatable bonds is 26. The maximum absolute atomic E-state index is 6.50. The van der Waals surface area contributed by atoms with Crippen LogP contribution in [-0.4, -0.2) is 160 Å². The smallest absolute Gasteiger partial charge is 0.164 e. The molecule has 7 aromatic rings. The lowest BCUT2D eigenvalue weighted by atomic mass is 10.1. The highest BCUT2D eigenvalue weighted by Crippen LogP contribution is 2.41. The molecule has 8 bridgehead atoms. The average Bonchev–Trinajstić information content (AvgIpc) is 4.11. The molecule has 0 atom stereocenters. The first-order chi connectivity index (χ1) is 33.7. The molecule has 0 saturated heterocycles. The molecule has 0 amide bonds. The second-order valence-corrected chi connectivity index (χ2v) is 15.4. The molecule has 354 valence electrons. The van der Waals surface area contributed by atoms with Gasteiger partial charge in [0.25, 0.3) is 0 Å². The van der Waals surface area contributed by atoms with Gasteiger partial charge in [-0.2, -0.15) is 0 Å². The number of aromatic amines is 2. The van der Waals surface area contributed by atoms with Gasteiger partial charge < -0.3 is 57.3 Å². The Kier molecular flexibility index (Phi) is 16.1. The fourth-order valence-corrected chi connectivity index (χ4v) is 7.74. The van der Waals surface area contributed by atoms with Gasteiger partial charge in [0.05, 0.1) is 103 Å². The number of ether oxygens (including phenoxy) is 10. The summed E-state index contributed by atoms with van der Waals surface area (Å²) >= 11 is 0. The van der Waals surface area contributed by atoms with Crippen LogP contribution in [0.5, 0.6) is 11.5 Å². The Balaban J connectivity index is 1.09. The van der Waals surface area contributed by atoms with Gasteiger partial charge in [0.2, 0.25) is 0 Å². The number of nitrogens with one attached hydrogen (secondary N) is 2. The summed E-state index contributed by atoms with van der Waals surface area (Å²) in [5.74, 6) is 3.01. The highest BCUT2D eigenvalue weighted by Gasteiger charge is 2.24. The maximum Gasteiger partial charge on any atom is 0.164 e. The number of benzene rings is 4. The van der Waals surface area contributed by atoms with Crippen LogP contribution in [0.2, 0.25) is 0 Å². The third kappa shape index (κ3) is 11.1. The molecule has 5 heterocycles. The quantitative estimate of drug-likeness (QED) is 0.0524. The zero-order valence-electron chi connectivity index (χ0n) is 38.2. The summed E-state index contributed by atoms with van der Waals surface area (Å²) in [6, 6.07) is 27.6. The van der Waals surface area contributed by atoms with E-state index in [4.69, 9.17) is 77.3 Å². The van der Waals surface area contributed by atoms with Crippen molar-refractivity contribution in [1.82, 2.24) is 39.9 Å². The van der Waals surface area contributed by atoms with Crippen molar-refractivity contribution in [2.75, 3.05) is 120 Å². The van der Waals surface area contributed by atoms with E-state index in [1.165, 1.54) is 0 Å². The van der Waals surface area contributed by atoms with Gasteiger partial charge in [0.1, 0.15) is 47.3 Å². The topological polar surface area (TPSA) is 201 Å². The molecule has 0 radical (unpaired) electrons. The van der Waals surface area contributed by atoms with E-state index in [9.17, 15) is 0 Å². The number of hydrogen-bond acceptors (Lipinski definition) is 16. The molecule has 18 nitrogen and oxygen atoms in total. The minimum Gasteiger partial charge on any atom is -0.490 e. The van der Waals surface area contributed by atoms with Gasteiger partial charge in [-0.25, -0.2) is 29.9 Å². The van der Waals surface area contributed by atoms with Crippen molar-refractivity contribution >= 4 is 44.1 Å². The highest BCUT2D eigenvalue weighted by atomic mass is 16.6. The molecule has 0 aliphatic carbocycles. The van der Waals surface area contributed by atoms with Gasteiger partial charge in [-0.1, -0.05) is 72.8 Å².